The fourth-order valence-corrected chi connectivity index (χ4v) is 2.52. The van der Waals surface area contributed by atoms with Gasteiger partial charge in [0, 0.05) is 24.2 Å². The van der Waals surface area contributed by atoms with Gasteiger partial charge in [-0.2, -0.15) is 0 Å². The second-order valence-electron chi connectivity index (χ2n) is 5.84. The molecule has 1 aromatic heterocycles. The highest BCUT2D eigenvalue weighted by atomic mass is 15.0. The van der Waals surface area contributed by atoms with Gasteiger partial charge in [-0.3, -0.25) is 0 Å². The standard InChI is InChI=1S/C15H26N4/c1-11(2)15-18-12(3)9-14(19-15)17-8-6-13-5-4-7-16-10-13/h9,11,13,16H,4-8,10H2,1-3H3,(H,17,18,19). The molecule has 0 amide bonds. The van der Waals surface area contributed by atoms with E-state index in [9.17, 15) is 0 Å². The lowest BCUT2D eigenvalue weighted by Crippen LogP contribution is -2.30. The molecule has 1 atom stereocenters. The second kappa shape index (κ2) is 6.85. The van der Waals surface area contributed by atoms with Crippen molar-refractivity contribution in [3.63, 3.8) is 0 Å². The molecule has 0 bridgehead atoms. The Kier molecular flexibility index (Phi) is 5.14. The first-order valence-electron chi connectivity index (χ1n) is 7.45. The van der Waals surface area contributed by atoms with Gasteiger partial charge in [-0.1, -0.05) is 13.8 Å². The SMILES string of the molecule is Cc1cc(NCCC2CCCNC2)nc(C(C)C)n1. The van der Waals surface area contributed by atoms with Crippen LogP contribution in [0.5, 0.6) is 0 Å². The summed E-state index contributed by atoms with van der Waals surface area (Å²) in [4.78, 5) is 9.05. The van der Waals surface area contributed by atoms with Crippen LogP contribution in [-0.4, -0.2) is 29.6 Å². The molecule has 0 saturated carbocycles. The number of anilines is 1. The van der Waals surface area contributed by atoms with E-state index in [4.69, 9.17) is 0 Å². The van der Waals surface area contributed by atoms with Crippen molar-refractivity contribution in [2.75, 3.05) is 25.0 Å². The number of hydrogen-bond donors (Lipinski definition) is 2. The van der Waals surface area contributed by atoms with Crippen molar-refractivity contribution >= 4 is 5.82 Å². The molecule has 4 nitrogen and oxygen atoms in total. The summed E-state index contributed by atoms with van der Waals surface area (Å²) in [6, 6.07) is 2.03. The van der Waals surface area contributed by atoms with Gasteiger partial charge in [-0.05, 0) is 45.2 Å². The molecule has 1 fully saturated rings. The Labute approximate surface area is 116 Å². The molecule has 19 heavy (non-hydrogen) atoms. The van der Waals surface area contributed by atoms with Crippen LogP contribution in [0.4, 0.5) is 5.82 Å². The molecule has 1 aromatic rings. The lowest BCUT2D eigenvalue weighted by molar-refractivity contribution is 0.364. The van der Waals surface area contributed by atoms with Crippen LogP contribution in [0.25, 0.3) is 0 Å². The summed E-state index contributed by atoms with van der Waals surface area (Å²) >= 11 is 0. The molecule has 1 saturated heterocycles. The van der Waals surface area contributed by atoms with Crippen molar-refractivity contribution in [2.24, 2.45) is 5.92 Å². The number of piperidine rings is 1. The molecular formula is C15H26N4. The lowest BCUT2D eigenvalue weighted by atomic mass is 9.96. The van der Waals surface area contributed by atoms with Crippen molar-refractivity contribution in [1.82, 2.24) is 15.3 Å². The topological polar surface area (TPSA) is 49.8 Å². The largest absolute Gasteiger partial charge is 0.370 e. The monoisotopic (exact) mass is 262 g/mol. The van der Waals surface area contributed by atoms with Crippen molar-refractivity contribution < 1.29 is 0 Å². The van der Waals surface area contributed by atoms with E-state index >= 15 is 0 Å². The summed E-state index contributed by atoms with van der Waals surface area (Å²) in [6.45, 7) is 9.65. The molecule has 0 spiro atoms. The zero-order valence-electron chi connectivity index (χ0n) is 12.4. The summed E-state index contributed by atoms with van der Waals surface area (Å²) in [7, 11) is 0. The molecular weight excluding hydrogens is 236 g/mol. The van der Waals surface area contributed by atoms with Crippen LogP contribution in [0.1, 0.15) is 50.5 Å². The predicted octanol–water partition coefficient (Wildman–Crippen LogP) is 2.71. The minimum atomic E-state index is 0.378. The van der Waals surface area contributed by atoms with E-state index in [0.717, 1.165) is 29.8 Å². The van der Waals surface area contributed by atoms with Gasteiger partial charge < -0.3 is 10.6 Å². The maximum absolute atomic E-state index is 4.58. The van der Waals surface area contributed by atoms with Crippen LogP contribution < -0.4 is 10.6 Å². The molecule has 4 heteroatoms. The zero-order chi connectivity index (χ0) is 13.7. The van der Waals surface area contributed by atoms with E-state index in [0.29, 0.717) is 5.92 Å². The summed E-state index contributed by atoms with van der Waals surface area (Å²) in [5.41, 5.74) is 1.04. The van der Waals surface area contributed by atoms with Crippen LogP contribution in [0, 0.1) is 12.8 Å². The molecule has 1 unspecified atom stereocenters. The molecule has 2 heterocycles. The number of aromatic nitrogens is 2. The minimum absolute atomic E-state index is 0.378. The van der Waals surface area contributed by atoms with Crippen LogP contribution in [-0.2, 0) is 0 Å². The molecule has 0 aromatic carbocycles. The quantitative estimate of drug-likeness (QED) is 0.856. The summed E-state index contributed by atoms with van der Waals surface area (Å²) in [5.74, 6) is 3.10. The van der Waals surface area contributed by atoms with Crippen molar-refractivity contribution in [1.29, 1.82) is 0 Å². The number of hydrogen-bond acceptors (Lipinski definition) is 4. The Balaban J connectivity index is 1.84. The Morgan fingerprint density at radius 1 is 1.42 bits per heavy atom. The van der Waals surface area contributed by atoms with Crippen LogP contribution in [0.2, 0.25) is 0 Å². The van der Waals surface area contributed by atoms with Crippen molar-refractivity contribution in [3.8, 4) is 0 Å². The average molecular weight is 262 g/mol. The Morgan fingerprint density at radius 2 is 2.26 bits per heavy atom. The Bertz CT molecular complexity index is 397. The van der Waals surface area contributed by atoms with E-state index < -0.39 is 0 Å². The molecule has 106 valence electrons. The Hall–Kier alpha value is -1.16. The lowest BCUT2D eigenvalue weighted by Gasteiger charge is -2.22. The van der Waals surface area contributed by atoms with Gasteiger partial charge in [0.15, 0.2) is 0 Å². The van der Waals surface area contributed by atoms with E-state index in [2.05, 4.69) is 34.4 Å². The van der Waals surface area contributed by atoms with Crippen molar-refractivity contribution in [3.05, 3.63) is 17.6 Å². The zero-order valence-corrected chi connectivity index (χ0v) is 12.4. The van der Waals surface area contributed by atoms with E-state index in [1.165, 1.54) is 32.4 Å². The number of nitrogens with one attached hydrogen (secondary N) is 2. The van der Waals surface area contributed by atoms with Gasteiger partial charge >= 0.3 is 0 Å². The maximum atomic E-state index is 4.58. The van der Waals surface area contributed by atoms with Gasteiger partial charge in [-0.15, -0.1) is 0 Å². The summed E-state index contributed by atoms with van der Waals surface area (Å²) < 4.78 is 0. The Morgan fingerprint density at radius 3 is 2.95 bits per heavy atom. The van der Waals surface area contributed by atoms with E-state index in [1.54, 1.807) is 0 Å². The van der Waals surface area contributed by atoms with Gasteiger partial charge in [0.05, 0.1) is 0 Å². The van der Waals surface area contributed by atoms with Gasteiger partial charge in [0.2, 0.25) is 0 Å². The molecule has 2 N–H and O–H groups in total. The summed E-state index contributed by atoms with van der Waals surface area (Å²) in [6.07, 6.45) is 3.89. The number of nitrogens with zero attached hydrogens (tertiary/aromatic N) is 2. The molecule has 0 radical (unpaired) electrons. The van der Waals surface area contributed by atoms with Crippen LogP contribution in [0.3, 0.4) is 0 Å². The van der Waals surface area contributed by atoms with Crippen LogP contribution >= 0.6 is 0 Å². The highest BCUT2D eigenvalue weighted by Gasteiger charge is 2.12. The maximum Gasteiger partial charge on any atom is 0.133 e. The first kappa shape index (κ1) is 14.3. The highest BCUT2D eigenvalue weighted by Crippen LogP contribution is 2.16. The predicted molar refractivity (Wildman–Crippen MR) is 79.6 cm³/mol. The third kappa shape index (κ3) is 4.46. The highest BCUT2D eigenvalue weighted by molar-refractivity contribution is 5.36. The van der Waals surface area contributed by atoms with E-state index in [1.807, 2.05) is 13.0 Å². The fourth-order valence-electron chi connectivity index (χ4n) is 2.52. The molecule has 1 aliphatic heterocycles. The minimum Gasteiger partial charge on any atom is -0.370 e. The molecule has 0 aliphatic carbocycles. The second-order valence-corrected chi connectivity index (χ2v) is 5.84. The average Bonchev–Trinajstić information content (AvgIpc) is 2.39. The van der Waals surface area contributed by atoms with Gasteiger partial charge in [0.25, 0.3) is 0 Å². The summed E-state index contributed by atoms with van der Waals surface area (Å²) in [5, 5.41) is 6.91. The third-order valence-corrected chi connectivity index (χ3v) is 3.65. The van der Waals surface area contributed by atoms with Gasteiger partial charge in [-0.25, -0.2) is 9.97 Å². The number of aryl methyl sites for hydroxylation is 1. The number of rotatable bonds is 5. The molecule has 1 aliphatic rings. The smallest absolute Gasteiger partial charge is 0.133 e. The first-order chi connectivity index (χ1) is 9.15. The molecule has 2 rings (SSSR count). The van der Waals surface area contributed by atoms with E-state index in [-0.39, 0.29) is 0 Å². The first-order valence-corrected chi connectivity index (χ1v) is 7.45. The van der Waals surface area contributed by atoms with Crippen molar-refractivity contribution in [2.45, 2.75) is 46.0 Å². The normalized spacial score (nSPS) is 19.7. The van der Waals surface area contributed by atoms with Gasteiger partial charge in [0.1, 0.15) is 11.6 Å². The third-order valence-electron chi connectivity index (χ3n) is 3.65. The van der Waals surface area contributed by atoms with Crippen LogP contribution in [0.15, 0.2) is 6.07 Å². The fraction of sp³-hybridized carbons (Fsp3) is 0.733.